The molecule has 146 valence electrons. The highest BCUT2D eigenvalue weighted by molar-refractivity contribution is 7.18. The minimum Gasteiger partial charge on any atom is -0.326 e. The van der Waals surface area contributed by atoms with Crippen molar-refractivity contribution in [3.63, 3.8) is 0 Å². The lowest BCUT2D eigenvalue weighted by Crippen LogP contribution is -2.26. The van der Waals surface area contributed by atoms with Gasteiger partial charge in [0.05, 0.1) is 15.2 Å². The molecule has 2 N–H and O–H groups in total. The Hall–Kier alpha value is -2.73. The minimum absolute atomic E-state index is 0.0160. The van der Waals surface area contributed by atoms with Crippen molar-refractivity contribution in [2.45, 2.75) is 40.0 Å². The van der Waals surface area contributed by atoms with Crippen LogP contribution in [0.3, 0.4) is 0 Å². The van der Waals surface area contributed by atoms with Crippen molar-refractivity contribution < 1.29 is 9.59 Å². The van der Waals surface area contributed by atoms with Gasteiger partial charge < -0.3 is 10.6 Å². The molecular weight excluding hydrogens is 370 g/mol. The molecule has 0 radical (unpaired) electrons. The Morgan fingerprint density at radius 3 is 2.29 bits per heavy atom. The Morgan fingerprint density at radius 2 is 1.68 bits per heavy atom. The van der Waals surface area contributed by atoms with Gasteiger partial charge in [-0.2, -0.15) is 0 Å². The molecule has 5 nitrogen and oxygen atoms in total. The molecule has 3 rings (SSSR count). The second-order valence-corrected chi connectivity index (χ2v) is 8.52. The topological polar surface area (TPSA) is 71.1 Å². The second-order valence-electron chi connectivity index (χ2n) is 7.40. The number of aromatic nitrogens is 1. The first-order chi connectivity index (χ1) is 13.4. The zero-order chi connectivity index (χ0) is 20.1. The maximum absolute atomic E-state index is 12.6. The highest BCUT2D eigenvalue weighted by Crippen LogP contribution is 2.34. The molecule has 0 saturated carbocycles. The molecule has 1 atom stereocenters. The second kappa shape index (κ2) is 8.52. The Labute approximate surface area is 169 Å². The van der Waals surface area contributed by atoms with Crippen LogP contribution in [0.15, 0.2) is 48.5 Å². The van der Waals surface area contributed by atoms with Gasteiger partial charge in [-0.3, -0.25) is 9.59 Å². The van der Waals surface area contributed by atoms with E-state index in [-0.39, 0.29) is 17.2 Å². The summed E-state index contributed by atoms with van der Waals surface area (Å²) in [4.78, 5) is 28.4. The van der Waals surface area contributed by atoms with Gasteiger partial charge in [0.25, 0.3) is 0 Å². The lowest BCUT2D eigenvalue weighted by molar-refractivity contribution is -0.118. The van der Waals surface area contributed by atoms with Gasteiger partial charge in [0.15, 0.2) is 0 Å². The maximum Gasteiger partial charge on any atom is 0.224 e. The summed E-state index contributed by atoms with van der Waals surface area (Å²) < 4.78 is 1.18. The third-order valence-corrected chi connectivity index (χ3v) is 5.88. The van der Waals surface area contributed by atoms with E-state index in [4.69, 9.17) is 4.98 Å². The van der Waals surface area contributed by atoms with Gasteiger partial charge in [-0.05, 0) is 48.2 Å². The predicted molar refractivity (Wildman–Crippen MR) is 116 cm³/mol. The van der Waals surface area contributed by atoms with Crippen LogP contribution in [0.25, 0.3) is 10.2 Å². The van der Waals surface area contributed by atoms with E-state index in [1.165, 1.54) is 11.6 Å². The molecule has 0 aliphatic heterocycles. The fourth-order valence-electron chi connectivity index (χ4n) is 3.11. The number of nitrogens with zero attached hydrogens (tertiary/aromatic N) is 1. The summed E-state index contributed by atoms with van der Waals surface area (Å²) in [6.45, 7) is 5.72. The van der Waals surface area contributed by atoms with Crippen molar-refractivity contribution in [3.8, 4) is 0 Å². The molecule has 0 spiro atoms. The van der Waals surface area contributed by atoms with Gasteiger partial charge in [-0.25, -0.2) is 4.98 Å². The monoisotopic (exact) mass is 395 g/mol. The number of amides is 2. The Bertz CT molecular complexity index is 948. The number of hydrogen-bond donors (Lipinski definition) is 2. The van der Waals surface area contributed by atoms with E-state index in [1.54, 1.807) is 35.6 Å². The van der Waals surface area contributed by atoms with Crippen molar-refractivity contribution in [1.82, 2.24) is 4.98 Å². The van der Waals surface area contributed by atoms with Crippen molar-refractivity contribution >= 4 is 44.7 Å². The van der Waals surface area contributed by atoms with Crippen molar-refractivity contribution in [1.29, 1.82) is 0 Å². The van der Waals surface area contributed by atoms with Crippen molar-refractivity contribution in [3.05, 3.63) is 53.5 Å². The number of carbonyl (C=O) groups is 2. The van der Waals surface area contributed by atoms with Gasteiger partial charge in [-0.1, -0.05) is 26.0 Å². The summed E-state index contributed by atoms with van der Waals surface area (Å²) in [6.07, 6.45) is 2.09. The molecule has 2 amide bonds. The Balaban J connectivity index is 1.63. The zero-order valence-corrected chi connectivity index (χ0v) is 17.2. The van der Waals surface area contributed by atoms with Crippen LogP contribution in [0.1, 0.15) is 38.6 Å². The number of nitrogens with one attached hydrogen (secondary N) is 2. The lowest BCUT2D eigenvalue weighted by Gasteiger charge is -2.26. The molecule has 0 saturated heterocycles. The normalized spacial score (nSPS) is 13.1. The fourth-order valence-corrected chi connectivity index (χ4v) is 4.29. The molecule has 6 heteroatoms. The highest BCUT2D eigenvalue weighted by atomic mass is 32.1. The minimum atomic E-state index is -0.159. The van der Waals surface area contributed by atoms with Gasteiger partial charge in [0.2, 0.25) is 11.8 Å². The number of rotatable bonds is 7. The average Bonchev–Trinajstić information content (AvgIpc) is 3.04. The number of anilines is 2. The lowest BCUT2D eigenvalue weighted by atomic mass is 9.80. The number of carbonyl (C=O) groups excluding carboxylic acids is 2. The molecule has 0 bridgehead atoms. The summed E-state index contributed by atoms with van der Waals surface area (Å²) in [5, 5.41) is 6.74. The van der Waals surface area contributed by atoms with Gasteiger partial charge in [-0.15, -0.1) is 11.3 Å². The van der Waals surface area contributed by atoms with E-state index in [2.05, 4.69) is 30.5 Å². The van der Waals surface area contributed by atoms with Crippen LogP contribution < -0.4 is 10.6 Å². The molecule has 2 aromatic carbocycles. The number of para-hydroxylation sites is 1. The van der Waals surface area contributed by atoms with E-state index in [9.17, 15) is 9.59 Å². The fraction of sp³-hybridized carbons (Fsp3) is 0.318. The van der Waals surface area contributed by atoms with Crippen LogP contribution in [-0.2, 0) is 16.0 Å². The number of benzene rings is 2. The third kappa shape index (κ3) is 5.16. The van der Waals surface area contributed by atoms with E-state index in [0.717, 1.165) is 29.1 Å². The van der Waals surface area contributed by atoms with Gasteiger partial charge in [0.1, 0.15) is 0 Å². The highest BCUT2D eigenvalue weighted by Gasteiger charge is 2.27. The number of hydrogen-bond acceptors (Lipinski definition) is 4. The van der Waals surface area contributed by atoms with Crippen LogP contribution in [0, 0.1) is 5.41 Å². The third-order valence-electron chi connectivity index (χ3n) is 4.85. The Morgan fingerprint density at radius 1 is 1.04 bits per heavy atom. The first-order valence-corrected chi connectivity index (χ1v) is 10.2. The average molecular weight is 396 g/mol. The number of thiazole rings is 1. The van der Waals surface area contributed by atoms with E-state index >= 15 is 0 Å². The summed E-state index contributed by atoms with van der Waals surface area (Å²) in [7, 11) is 0. The first-order valence-electron chi connectivity index (χ1n) is 9.39. The summed E-state index contributed by atoms with van der Waals surface area (Å²) in [5.41, 5.74) is 2.29. The molecule has 28 heavy (non-hydrogen) atoms. The standard InChI is InChI=1S/C22H25N3O2S/c1-4-22(3,14-21-25-18-7-5-6-8-19(18)28-21)13-20(27)24-17-11-9-16(10-12-17)23-15(2)26/h5-12H,4,13-14H2,1-3H3,(H,23,26)(H,24,27). The van der Waals surface area contributed by atoms with Crippen LogP contribution in [-0.4, -0.2) is 16.8 Å². The molecule has 0 aliphatic carbocycles. The zero-order valence-electron chi connectivity index (χ0n) is 16.4. The van der Waals surface area contributed by atoms with E-state index in [1.807, 2.05) is 18.2 Å². The van der Waals surface area contributed by atoms with E-state index in [0.29, 0.717) is 12.1 Å². The quantitative estimate of drug-likeness (QED) is 0.574. The summed E-state index contributed by atoms with van der Waals surface area (Å²) in [6, 6.07) is 15.3. The molecule has 3 aromatic rings. The van der Waals surface area contributed by atoms with Crippen LogP contribution >= 0.6 is 11.3 Å². The Kier molecular flexibility index (Phi) is 6.09. The van der Waals surface area contributed by atoms with Gasteiger partial charge >= 0.3 is 0 Å². The van der Waals surface area contributed by atoms with Crippen LogP contribution in [0.2, 0.25) is 0 Å². The molecule has 0 aliphatic rings. The molecule has 1 aromatic heterocycles. The summed E-state index contributed by atoms with van der Waals surface area (Å²) >= 11 is 1.70. The van der Waals surface area contributed by atoms with E-state index < -0.39 is 0 Å². The van der Waals surface area contributed by atoms with Crippen molar-refractivity contribution in [2.75, 3.05) is 10.6 Å². The van der Waals surface area contributed by atoms with Crippen LogP contribution in [0.5, 0.6) is 0 Å². The predicted octanol–water partition coefficient (Wildman–Crippen LogP) is 5.24. The molecule has 1 heterocycles. The van der Waals surface area contributed by atoms with Gasteiger partial charge in [0, 0.05) is 31.1 Å². The molecular formula is C22H25N3O2S. The van der Waals surface area contributed by atoms with Crippen LogP contribution in [0.4, 0.5) is 11.4 Å². The maximum atomic E-state index is 12.6. The molecule has 0 fully saturated rings. The molecule has 1 unspecified atom stereocenters. The summed E-state index contributed by atoms with van der Waals surface area (Å²) in [5.74, 6) is -0.136. The van der Waals surface area contributed by atoms with Crippen molar-refractivity contribution in [2.24, 2.45) is 5.41 Å². The largest absolute Gasteiger partial charge is 0.326 e. The first kappa shape index (κ1) is 20.0. The number of fused-ring (bicyclic) bond motifs is 1. The SMILES string of the molecule is CCC(C)(CC(=O)Nc1ccc(NC(C)=O)cc1)Cc1nc2ccccc2s1. The smallest absolute Gasteiger partial charge is 0.224 e.